The minimum atomic E-state index is -0.536. The van der Waals surface area contributed by atoms with Crippen molar-refractivity contribution in [1.29, 1.82) is 0 Å². The summed E-state index contributed by atoms with van der Waals surface area (Å²) in [5.74, 6) is -0.908. The molecule has 4 heteroatoms. The Bertz CT molecular complexity index is 762. The van der Waals surface area contributed by atoms with Gasteiger partial charge < -0.3 is 9.47 Å². The highest BCUT2D eigenvalue weighted by Crippen LogP contribution is 2.55. The van der Waals surface area contributed by atoms with E-state index >= 15 is 0 Å². The highest BCUT2D eigenvalue weighted by Gasteiger charge is 2.57. The molecular weight excluding hydrogens is 328 g/mol. The first-order valence-electron chi connectivity index (χ1n) is 8.87. The third-order valence-electron chi connectivity index (χ3n) is 4.45. The quantitative estimate of drug-likeness (QED) is 0.756. The summed E-state index contributed by atoms with van der Waals surface area (Å²) in [4.78, 5) is 24.8. The fourth-order valence-electron chi connectivity index (χ4n) is 3.23. The van der Waals surface area contributed by atoms with Crippen LogP contribution in [0.15, 0.2) is 60.7 Å². The molecule has 0 spiro atoms. The number of hydrogen-bond donors (Lipinski definition) is 0. The molecule has 1 aliphatic carbocycles. The largest absolute Gasteiger partial charge is 0.462 e. The van der Waals surface area contributed by atoms with Crippen molar-refractivity contribution in [2.45, 2.75) is 32.3 Å². The first-order valence-corrected chi connectivity index (χ1v) is 8.87. The van der Waals surface area contributed by atoms with Gasteiger partial charge in [0.25, 0.3) is 0 Å². The fourth-order valence-corrected chi connectivity index (χ4v) is 3.23. The minimum absolute atomic E-state index is 0.0228. The van der Waals surface area contributed by atoms with Crippen LogP contribution in [0.2, 0.25) is 0 Å². The molecule has 0 bridgehead atoms. The highest BCUT2D eigenvalue weighted by atomic mass is 16.6. The van der Waals surface area contributed by atoms with Crippen molar-refractivity contribution < 1.29 is 19.1 Å². The molecule has 0 radical (unpaired) electrons. The van der Waals surface area contributed by atoms with Gasteiger partial charge in [-0.25, -0.2) is 4.79 Å². The summed E-state index contributed by atoms with van der Waals surface area (Å²) in [5, 5.41) is 0. The van der Waals surface area contributed by atoms with Gasteiger partial charge in [0.15, 0.2) is 0 Å². The number of hydrogen-bond acceptors (Lipinski definition) is 4. The Balaban J connectivity index is 1.69. The van der Waals surface area contributed by atoms with Crippen LogP contribution in [0.25, 0.3) is 0 Å². The van der Waals surface area contributed by atoms with Gasteiger partial charge in [0.05, 0.1) is 18.1 Å². The number of esters is 2. The first kappa shape index (κ1) is 18.2. The summed E-state index contributed by atoms with van der Waals surface area (Å²) in [6.07, 6.45) is 0. The maximum atomic E-state index is 12.6. The van der Waals surface area contributed by atoms with Crippen molar-refractivity contribution in [2.24, 2.45) is 11.8 Å². The molecule has 0 heterocycles. The summed E-state index contributed by atoms with van der Waals surface area (Å²) in [7, 11) is 0. The lowest BCUT2D eigenvalue weighted by Crippen LogP contribution is -2.25. The number of carbonyl (C=O) groups excluding carboxylic acids is 2. The van der Waals surface area contributed by atoms with Gasteiger partial charge in [-0.2, -0.15) is 0 Å². The van der Waals surface area contributed by atoms with Gasteiger partial charge in [0, 0.05) is 11.8 Å². The Hall–Kier alpha value is -2.62. The van der Waals surface area contributed by atoms with Crippen LogP contribution in [-0.4, -0.2) is 24.1 Å². The van der Waals surface area contributed by atoms with Gasteiger partial charge in [-0.15, -0.1) is 0 Å². The lowest BCUT2D eigenvalue weighted by atomic mass is 10.1. The van der Waals surface area contributed by atoms with E-state index in [4.69, 9.17) is 9.47 Å². The second-order valence-electron chi connectivity index (χ2n) is 7.62. The van der Waals surface area contributed by atoms with Gasteiger partial charge in [0.2, 0.25) is 0 Å². The molecule has 26 heavy (non-hydrogen) atoms. The third-order valence-corrected chi connectivity index (χ3v) is 4.45. The van der Waals surface area contributed by atoms with Gasteiger partial charge in [-0.3, -0.25) is 4.79 Å². The molecule has 0 amide bonds. The van der Waals surface area contributed by atoms with E-state index in [2.05, 4.69) is 0 Å². The molecule has 2 aromatic rings. The fraction of sp³-hybridized carbons (Fsp3) is 0.364. The molecule has 0 aromatic heterocycles. The van der Waals surface area contributed by atoms with Crippen molar-refractivity contribution in [1.82, 2.24) is 0 Å². The normalized spacial score (nSPS) is 21.7. The lowest BCUT2D eigenvalue weighted by molar-refractivity contribution is -0.157. The predicted octanol–water partition coefficient (Wildman–Crippen LogP) is 4.21. The Morgan fingerprint density at radius 3 is 2.08 bits per heavy atom. The molecule has 3 atom stereocenters. The van der Waals surface area contributed by atoms with Crippen LogP contribution < -0.4 is 0 Å². The number of benzene rings is 2. The van der Waals surface area contributed by atoms with Gasteiger partial charge in [-0.1, -0.05) is 48.5 Å². The summed E-state index contributed by atoms with van der Waals surface area (Å²) < 4.78 is 11.0. The number of ether oxygens (including phenoxy) is 2. The van der Waals surface area contributed by atoms with E-state index < -0.39 is 5.60 Å². The van der Waals surface area contributed by atoms with Crippen molar-refractivity contribution in [3.05, 3.63) is 71.8 Å². The number of carbonyl (C=O) groups is 2. The van der Waals surface area contributed by atoms with E-state index in [0.29, 0.717) is 5.56 Å². The van der Waals surface area contributed by atoms with Crippen LogP contribution in [-0.2, 0) is 14.3 Å². The van der Waals surface area contributed by atoms with Crippen LogP contribution in [0, 0.1) is 11.8 Å². The monoisotopic (exact) mass is 352 g/mol. The van der Waals surface area contributed by atoms with E-state index in [1.54, 1.807) is 24.3 Å². The Kier molecular flexibility index (Phi) is 5.12. The minimum Gasteiger partial charge on any atom is -0.462 e. The molecule has 0 saturated heterocycles. The predicted molar refractivity (Wildman–Crippen MR) is 98.7 cm³/mol. The zero-order chi connectivity index (χ0) is 18.7. The smallest absolute Gasteiger partial charge is 0.338 e. The van der Waals surface area contributed by atoms with E-state index in [0.717, 1.165) is 5.56 Å². The van der Waals surface area contributed by atoms with Crippen LogP contribution in [0.4, 0.5) is 0 Å². The zero-order valence-electron chi connectivity index (χ0n) is 15.3. The standard InChI is InChI=1S/C22H24O4/c1-22(2,3)26-21(24)19-17(18(19)15-10-6-4-7-11-15)14-25-20(23)16-12-8-5-9-13-16/h4-13,17-19H,14H2,1-3H3/t17-,18-,19+/m0/s1. The third kappa shape index (κ3) is 4.31. The van der Waals surface area contributed by atoms with Crippen molar-refractivity contribution >= 4 is 11.9 Å². The summed E-state index contributed by atoms with van der Waals surface area (Å²) in [6, 6.07) is 18.7. The van der Waals surface area contributed by atoms with E-state index in [1.165, 1.54) is 0 Å². The summed E-state index contributed by atoms with van der Waals surface area (Å²) in [6.45, 7) is 5.77. The molecule has 4 nitrogen and oxygen atoms in total. The van der Waals surface area contributed by atoms with E-state index in [-0.39, 0.29) is 36.3 Å². The molecular formula is C22H24O4. The second kappa shape index (κ2) is 7.32. The molecule has 1 saturated carbocycles. The Morgan fingerprint density at radius 1 is 0.923 bits per heavy atom. The first-order chi connectivity index (χ1) is 12.4. The maximum Gasteiger partial charge on any atom is 0.338 e. The molecule has 1 aliphatic rings. The SMILES string of the molecule is CC(C)(C)OC(=O)[C@@H]1[C@@H](COC(=O)c2ccccc2)[C@@H]1c1ccccc1. The second-order valence-corrected chi connectivity index (χ2v) is 7.62. The molecule has 1 fully saturated rings. The maximum absolute atomic E-state index is 12.6. The molecule has 0 N–H and O–H groups in total. The highest BCUT2D eigenvalue weighted by molar-refractivity contribution is 5.89. The van der Waals surface area contributed by atoms with Gasteiger partial charge in [0.1, 0.15) is 5.60 Å². The molecule has 0 aliphatic heterocycles. The van der Waals surface area contributed by atoms with Gasteiger partial charge >= 0.3 is 11.9 Å². The molecule has 0 unspecified atom stereocenters. The average molecular weight is 352 g/mol. The van der Waals surface area contributed by atoms with Crippen molar-refractivity contribution in [3.63, 3.8) is 0 Å². The Labute approximate surface area is 154 Å². The van der Waals surface area contributed by atoms with Crippen LogP contribution in [0.1, 0.15) is 42.6 Å². The van der Waals surface area contributed by atoms with E-state index in [1.807, 2.05) is 57.2 Å². The van der Waals surface area contributed by atoms with E-state index in [9.17, 15) is 9.59 Å². The van der Waals surface area contributed by atoms with Crippen molar-refractivity contribution in [2.75, 3.05) is 6.61 Å². The van der Waals surface area contributed by atoms with Crippen LogP contribution >= 0.6 is 0 Å². The summed E-state index contributed by atoms with van der Waals surface area (Å²) in [5.41, 5.74) is 1.05. The van der Waals surface area contributed by atoms with Crippen LogP contribution in [0.3, 0.4) is 0 Å². The zero-order valence-corrected chi connectivity index (χ0v) is 15.3. The van der Waals surface area contributed by atoms with Crippen molar-refractivity contribution in [3.8, 4) is 0 Å². The lowest BCUT2D eigenvalue weighted by Gasteiger charge is -2.19. The average Bonchev–Trinajstić information content (AvgIpc) is 3.34. The molecule has 3 rings (SSSR count). The van der Waals surface area contributed by atoms with Gasteiger partial charge in [-0.05, 0) is 38.5 Å². The molecule has 2 aromatic carbocycles. The van der Waals surface area contributed by atoms with Crippen LogP contribution in [0.5, 0.6) is 0 Å². The summed E-state index contributed by atoms with van der Waals surface area (Å²) >= 11 is 0. The number of rotatable bonds is 5. The topological polar surface area (TPSA) is 52.6 Å². The Morgan fingerprint density at radius 2 is 1.50 bits per heavy atom. The molecule has 136 valence electrons.